The molecule has 4 rings (SSSR count). The summed E-state index contributed by atoms with van der Waals surface area (Å²) in [5, 5.41) is 2.98. The van der Waals surface area contributed by atoms with Crippen molar-refractivity contribution in [2.75, 3.05) is 10.8 Å². The van der Waals surface area contributed by atoms with Crippen LogP contribution in [-0.2, 0) is 21.2 Å². The number of nitrogens with one attached hydrogen (secondary N) is 1. The molecule has 1 aliphatic rings. The van der Waals surface area contributed by atoms with Crippen LogP contribution in [0.2, 0.25) is 0 Å². The molecule has 0 radical (unpaired) electrons. The van der Waals surface area contributed by atoms with E-state index in [0.29, 0.717) is 11.4 Å². The molecule has 1 heterocycles. The maximum Gasteiger partial charge on any atom is 0.264 e. The molecule has 0 spiro atoms. The molecule has 1 N–H and O–H groups in total. The van der Waals surface area contributed by atoms with Crippen LogP contribution in [-0.4, -0.2) is 27.0 Å². The second kappa shape index (κ2) is 9.50. The Morgan fingerprint density at radius 3 is 2.32 bits per heavy atom. The van der Waals surface area contributed by atoms with Crippen molar-refractivity contribution >= 4 is 21.6 Å². The molecule has 0 bridgehead atoms. The van der Waals surface area contributed by atoms with Crippen molar-refractivity contribution in [3.63, 3.8) is 0 Å². The van der Waals surface area contributed by atoms with Crippen molar-refractivity contribution in [3.05, 3.63) is 89.0 Å². The van der Waals surface area contributed by atoms with Crippen LogP contribution in [0.5, 0.6) is 5.75 Å². The molecule has 0 aromatic heterocycles. The van der Waals surface area contributed by atoms with Gasteiger partial charge in [-0.3, -0.25) is 9.10 Å². The Kier molecular flexibility index (Phi) is 6.66. The van der Waals surface area contributed by atoms with E-state index >= 15 is 0 Å². The van der Waals surface area contributed by atoms with Crippen LogP contribution < -0.4 is 14.4 Å². The van der Waals surface area contributed by atoms with Gasteiger partial charge in [0.05, 0.1) is 23.2 Å². The molecule has 2 atom stereocenters. The number of aryl methyl sites for hydroxylation is 3. The highest BCUT2D eigenvalue weighted by Gasteiger charge is 2.38. The van der Waals surface area contributed by atoms with E-state index < -0.39 is 16.1 Å². The molecule has 34 heavy (non-hydrogen) atoms. The molecule has 1 aliphatic heterocycles. The number of amides is 1. The molecular formula is C27H30N2O4S. The molecule has 7 heteroatoms. The highest BCUT2D eigenvalue weighted by Crippen LogP contribution is 2.38. The Hall–Kier alpha value is -3.32. The van der Waals surface area contributed by atoms with Gasteiger partial charge in [-0.1, -0.05) is 55.0 Å². The lowest BCUT2D eigenvalue weighted by atomic mass is 10.0. The summed E-state index contributed by atoms with van der Waals surface area (Å²) in [5.41, 5.74) is 4.50. The fraction of sp³-hybridized carbons (Fsp3) is 0.296. The molecule has 6 nitrogen and oxygen atoms in total. The van der Waals surface area contributed by atoms with Gasteiger partial charge in [0.2, 0.25) is 0 Å². The fourth-order valence-electron chi connectivity index (χ4n) is 3.99. The van der Waals surface area contributed by atoms with Crippen LogP contribution in [0.15, 0.2) is 71.6 Å². The first-order valence-corrected chi connectivity index (χ1v) is 12.9. The van der Waals surface area contributed by atoms with E-state index in [0.717, 1.165) is 23.1 Å². The molecule has 3 aromatic carbocycles. The van der Waals surface area contributed by atoms with Gasteiger partial charge in [0.1, 0.15) is 5.75 Å². The van der Waals surface area contributed by atoms with Crippen LogP contribution in [0.3, 0.4) is 0 Å². The lowest BCUT2D eigenvalue weighted by Gasteiger charge is -2.35. The zero-order valence-electron chi connectivity index (χ0n) is 19.9. The van der Waals surface area contributed by atoms with E-state index in [4.69, 9.17) is 4.74 Å². The normalized spacial score (nSPS) is 16.4. The van der Waals surface area contributed by atoms with Gasteiger partial charge in [0.15, 0.2) is 6.10 Å². The van der Waals surface area contributed by atoms with Crippen LogP contribution in [0, 0.1) is 13.8 Å². The van der Waals surface area contributed by atoms with Gasteiger partial charge < -0.3 is 10.1 Å². The standard InChI is InChI=1S/C27H30N2O4S/c1-5-21-9-11-22(12-10-21)20(4)28-27(30)26-17-29(24-16-19(3)8-15-25(24)33-26)34(31,32)23-13-6-18(2)7-14-23/h6-16,20,26H,5,17H2,1-4H3,(H,28,30)/t20-,26-/m0/s1. The van der Waals surface area contributed by atoms with E-state index in [1.165, 1.54) is 9.87 Å². The van der Waals surface area contributed by atoms with E-state index in [2.05, 4.69) is 12.2 Å². The van der Waals surface area contributed by atoms with Crippen molar-refractivity contribution in [1.82, 2.24) is 5.32 Å². The van der Waals surface area contributed by atoms with E-state index in [-0.39, 0.29) is 23.4 Å². The monoisotopic (exact) mass is 478 g/mol. The first-order valence-electron chi connectivity index (χ1n) is 11.4. The number of carbonyl (C=O) groups excluding carboxylic acids is 1. The van der Waals surface area contributed by atoms with Gasteiger partial charge in [-0.15, -0.1) is 0 Å². The molecule has 0 unspecified atom stereocenters. The summed E-state index contributed by atoms with van der Waals surface area (Å²) in [7, 11) is -3.89. The molecule has 178 valence electrons. The summed E-state index contributed by atoms with van der Waals surface area (Å²) in [6.45, 7) is 7.68. The number of rotatable bonds is 6. The Morgan fingerprint density at radius 1 is 1.03 bits per heavy atom. The van der Waals surface area contributed by atoms with Crippen LogP contribution in [0.25, 0.3) is 0 Å². The molecule has 0 saturated carbocycles. The number of carbonyl (C=O) groups is 1. The third kappa shape index (κ3) is 4.80. The van der Waals surface area contributed by atoms with Gasteiger partial charge in [-0.2, -0.15) is 0 Å². The zero-order chi connectivity index (χ0) is 24.5. The van der Waals surface area contributed by atoms with Crippen molar-refractivity contribution in [1.29, 1.82) is 0 Å². The molecular weight excluding hydrogens is 448 g/mol. The minimum Gasteiger partial charge on any atom is -0.476 e. The average molecular weight is 479 g/mol. The molecule has 0 fully saturated rings. The van der Waals surface area contributed by atoms with Gasteiger partial charge in [0, 0.05) is 0 Å². The number of benzene rings is 3. The molecule has 0 saturated heterocycles. The van der Waals surface area contributed by atoms with Crippen LogP contribution in [0.4, 0.5) is 5.69 Å². The number of ether oxygens (including phenoxy) is 1. The van der Waals surface area contributed by atoms with Crippen molar-refractivity contribution in [2.45, 2.75) is 51.2 Å². The number of hydrogen-bond acceptors (Lipinski definition) is 4. The predicted molar refractivity (Wildman–Crippen MR) is 134 cm³/mol. The number of sulfonamides is 1. The Bertz CT molecular complexity index is 1290. The smallest absolute Gasteiger partial charge is 0.264 e. The summed E-state index contributed by atoms with van der Waals surface area (Å²) < 4.78 is 34.4. The van der Waals surface area contributed by atoms with E-state index in [9.17, 15) is 13.2 Å². The largest absolute Gasteiger partial charge is 0.476 e. The second-order valence-corrected chi connectivity index (χ2v) is 10.6. The summed E-state index contributed by atoms with van der Waals surface area (Å²) in [6, 6.07) is 19.9. The topological polar surface area (TPSA) is 75.7 Å². The van der Waals surface area contributed by atoms with Crippen molar-refractivity contribution in [3.8, 4) is 5.75 Å². The lowest BCUT2D eigenvalue weighted by molar-refractivity contribution is -0.128. The zero-order valence-corrected chi connectivity index (χ0v) is 20.7. The van der Waals surface area contributed by atoms with Crippen LogP contribution >= 0.6 is 0 Å². The average Bonchev–Trinajstić information content (AvgIpc) is 2.83. The Labute approximate surface area is 201 Å². The first kappa shape index (κ1) is 23.8. The van der Waals surface area contributed by atoms with E-state index in [1.54, 1.807) is 36.4 Å². The molecule has 1 amide bonds. The number of anilines is 1. The van der Waals surface area contributed by atoms with Crippen LogP contribution in [0.1, 0.15) is 42.1 Å². The number of hydrogen-bond donors (Lipinski definition) is 1. The Morgan fingerprint density at radius 2 is 1.68 bits per heavy atom. The minimum atomic E-state index is -3.89. The number of nitrogens with zero attached hydrogens (tertiary/aromatic N) is 1. The second-order valence-electron chi connectivity index (χ2n) is 8.75. The van der Waals surface area contributed by atoms with Gasteiger partial charge >= 0.3 is 0 Å². The first-order chi connectivity index (χ1) is 16.2. The van der Waals surface area contributed by atoms with Gasteiger partial charge in [0.25, 0.3) is 15.9 Å². The summed E-state index contributed by atoms with van der Waals surface area (Å²) in [6.07, 6.45) is -0.0333. The minimum absolute atomic E-state index is 0.111. The lowest BCUT2D eigenvalue weighted by Crippen LogP contribution is -2.51. The van der Waals surface area contributed by atoms with Crippen molar-refractivity contribution < 1.29 is 17.9 Å². The molecule has 3 aromatic rings. The highest BCUT2D eigenvalue weighted by molar-refractivity contribution is 7.92. The number of fused-ring (bicyclic) bond motifs is 1. The fourth-order valence-corrected chi connectivity index (χ4v) is 5.46. The van der Waals surface area contributed by atoms with Gasteiger partial charge in [-0.05, 0) is 68.1 Å². The SMILES string of the molecule is CCc1ccc([C@H](C)NC(=O)[C@@H]2CN(S(=O)(=O)c3ccc(C)cc3)c3cc(C)ccc3O2)cc1. The maximum atomic E-state index is 13.6. The quantitative estimate of drug-likeness (QED) is 0.557. The predicted octanol–water partition coefficient (Wildman–Crippen LogP) is 4.70. The van der Waals surface area contributed by atoms with Gasteiger partial charge in [-0.25, -0.2) is 8.42 Å². The molecule has 0 aliphatic carbocycles. The van der Waals surface area contributed by atoms with Crippen molar-refractivity contribution in [2.24, 2.45) is 0 Å². The Balaban J connectivity index is 1.61. The summed E-state index contributed by atoms with van der Waals surface area (Å²) in [4.78, 5) is 13.4. The third-order valence-corrected chi connectivity index (χ3v) is 7.93. The van der Waals surface area contributed by atoms with E-state index in [1.807, 2.05) is 51.1 Å². The summed E-state index contributed by atoms with van der Waals surface area (Å²) in [5.74, 6) is 0.00929. The third-order valence-electron chi connectivity index (χ3n) is 6.13. The highest BCUT2D eigenvalue weighted by atomic mass is 32.2. The summed E-state index contributed by atoms with van der Waals surface area (Å²) >= 11 is 0. The maximum absolute atomic E-state index is 13.6.